The molecular formula is C18H19N. The zero-order valence-corrected chi connectivity index (χ0v) is 11.3. The number of hydrogen-bond donors (Lipinski definition) is 1. The second-order valence-electron chi connectivity index (χ2n) is 5.09. The van der Waals surface area contributed by atoms with E-state index in [0.29, 0.717) is 0 Å². The Morgan fingerprint density at radius 2 is 1.26 bits per heavy atom. The molecule has 0 unspecified atom stereocenters. The van der Waals surface area contributed by atoms with Crippen LogP contribution in [-0.4, -0.2) is 6.54 Å². The maximum Gasteiger partial charge on any atom is -0.00741 e. The molecule has 0 heterocycles. The molecule has 1 nitrogen and oxygen atoms in total. The molecule has 0 amide bonds. The fourth-order valence-electron chi connectivity index (χ4n) is 2.98. The van der Waals surface area contributed by atoms with Crippen LogP contribution in [0.3, 0.4) is 0 Å². The molecule has 3 rings (SSSR count). The van der Waals surface area contributed by atoms with Crippen molar-refractivity contribution in [2.45, 2.75) is 19.8 Å². The van der Waals surface area contributed by atoms with Crippen LogP contribution in [0.4, 0.5) is 0 Å². The Hall–Kier alpha value is -1.86. The molecule has 0 fully saturated rings. The summed E-state index contributed by atoms with van der Waals surface area (Å²) < 4.78 is 0. The Morgan fingerprint density at radius 3 is 1.74 bits per heavy atom. The molecule has 3 aromatic rings. The molecular weight excluding hydrogens is 230 g/mol. The summed E-state index contributed by atoms with van der Waals surface area (Å²) in [5, 5.41) is 5.50. The van der Waals surface area contributed by atoms with E-state index in [4.69, 9.17) is 5.73 Å². The summed E-state index contributed by atoms with van der Waals surface area (Å²) in [7, 11) is 0. The fraction of sp³-hybridized carbons (Fsp3) is 0.222. The zero-order valence-electron chi connectivity index (χ0n) is 11.3. The first kappa shape index (κ1) is 12.2. The van der Waals surface area contributed by atoms with Gasteiger partial charge in [-0.25, -0.2) is 0 Å². The second kappa shape index (κ2) is 5.02. The molecule has 1 heteroatoms. The van der Waals surface area contributed by atoms with Gasteiger partial charge < -0.3 is 5.73 Å². The summed E-state index contributed by atoms with van der Waals surface area (Å²) in [4.78, 5) is 0. The molecule has 19 heavy (non-hydrogen) atoms. The average molecular weight is 249 g/mol. The van der Waals surface area contributed by atoms with Crippen LogP contribution >= 0.6 is 0 Å². The third-order valence-corrected chi connectivity index (χ3v) is 3.94. The van der Waals surface area contributed by atoms with Crippen LogP contribution in [0.5, 0.6) is 0 Å². The van der Waals surface area contributed by atoms with Crippen LogP contribution in [0, 0.1) is 6.92 Å². The maximum absolute atomic E-state index is 5.69. The quantitative estimate of drug-likeness (QED) is 0.692. The normalized spacial score (nSPS) is 11.3. The molecule has 0 atom stereocenters. The lowest BCUT2D eigenvalue weighted by Gasteiger charge is -2.14. The van der Waals surface area contributed by atoms with E-state index in [2.05, 4.69) is 55.5 Å². The number of nitrogens with two attached hydrogens (primary N) is 1. The molecule has 0 radical (unpaired) electrons. The van der Waals surface area contributed by atoms with E-state index in [0.717, 1.165) is 19.4 Å². The van der Waals surface area contributed by atoms with E-state index in [1.165, 1.54) is 32.7 Å². The van der Waals surface area contributed by atoms with Gasteiger partial charge in [-0.1, -0.05) is 48.5 Å². The molecule has 96 valence electrons. The highest BCUT2D eigenvalue weighted by Crippen LogP contribution is 2.32. The van der Waals surface area contributed by atoms with Gasteiger partial charge in [0.25, 0.3) is 0 Å². The van der Waals surface area contributed by atoms with Gasteiger partial charge in [0, 0.05) is 0 Å². The minimum Gasteiger partial charge on any atom is -0.330 e. The van der Waals surface area contributed by atoms with Crippen LogP contribution in [0.2, 0.25) is 0 Å². The van der Waals surface area contributed by atoms with E-state index in [9.17, 15) is 0 Å². The predicted octanol–water partition coefficient (Wildman–Crippen LogP) is 4.19. The van der Waals surface area contributed by atoms with Crippen molar-refractivity contribution in [2.75, 3.05) is 6.54 Å². The highest BCUT2D eigenvalue weighted by Gasteiger charge is 2.10. The highest BCUT2D eigenvalue weighted by atomic mass is 14.5. The van der Waals surface area contributed by atoms with E-state index < -0.39 is 0 Å². The van der Waals surface area contributed by atoms with Gasteiger partial charge in [-0.3, -0.25) is 0 Å². The highest BCUT2D eigenvalue weighted by molar-refractivity contribution is 6.05. The van der Waals surface area contributed by atoms with Crippen molar-refractivity contribution < 1.29 is 0 Å². The first-order valence-electron chi connectivity index (χ1n) is 6.92. The number of hydrogen-bond acceptors (Lipinski definition) is 1. The smallest absolute Gasteiger partial charge is 0.00741 e. The largest absolute Gasteiger partial charge is 0.330 e. The van der Waals surface area contributed by atoms with Gasteiger partial charge in [0.2, 0.25) is 0 Å². The summed E-state index contributed by atoms with van der Waals surface area (Å²) in [5.41, 5.74) is 8.52. The third-order valence-electron chi connectivity index (χ3n) is 3.94. The van der Waals surface area contributed by atoms with Gasteiger partial charge >= 0.3 is 0 Å². The lowest BCUT2D eigenvalue weighted by atomic mass is 9.90. The number of rotatable bonds is 3. The lowest BCUT2D eigenvalue weighted by molar-refractivity contribution is 0.841. The number of benzene rings is 3. The van der Waals surface area contributed by atoms with Crippen LogP contribution in [0.25, 0.3) is 21.5 Å². The minimum atomic E-state index is 0.747. The Labute approximate surface area is 114 Å². The monoisotopic (exact) mass is 249 g/mol. The van der Waals surface area contributed by atoms with E-state index in [-0.39, 0.29) is 0 Å². The number of fused-ring (bicyclic) bond motifs is 2. The number of aryl methyl sites for hydroxylation is 2. The summed E-state index contributed by atoms with van der Waals surface area (Å²) in [5.74, 6) is 0. The molecule has 3 aromatic carbocycles. The van der Waals surface area contributed by atoms with E-state index in [1.54, 1.807) is 0 Å². The van der Waals surface area contributed by atoms with Gasteiger partial charge in [-0.05, 0) is 59.0 Å². The molecule has 0 saturated heterocycles. The lowest BCUT2D eigenvalue weighted by Crippen LogP contribution is -2.01. The molecule has 2 N–H and O–H groups in total. The standard InChI is InChI=1S/C18H19N/c1-13-14-7-2-4-9-16(14)18(11-6-12-19)17-10-5-3-8-15(13)17/h2-5,7-10H,6,11-12,19H2,1H3. The summed E-state index contributed by atoms with van der Waals surface area (Å²) in [6.45, 7) is 2.97. The van der Waals surface area contributed by atoms with E-state index >= 15 is 0 Å². The third kappa shape index (κ3) is 2.00. The van der Waals surface area contributed by atoms with Crippen LogP contribution in [-0.2, 0) is 6.42 Å². The Kier molecular flexibility index (Phi) is 3.22. The van der Waals surface area contributed by atoms with Crippen molar-refractivity contribution in [1.82, 2.24) is 0 Å². The van der Waals surface area contributed by atoms with Crippen molar-refractivity contribution in [1.29, 1.82) is 0 Å². The SMILES string of the molecule is Cc1c2ccccc2c(CCCN)c2ccccc12. The van der Waals surface area contributed by atoms with Gasteiger partial charge in [0.05, 0.1) is 0 Å². The first-order chi connectivity index (χ1) is 9.33. The topological polar surface area (TPSA) is 26.0 Å². The molecule has 0 aliphatic carbocycles. The molecule has 0 saturated carbocycles. The van der Waals surface area contributed by atoms with Crippen molar-refractivity contribution >= 4 is 21.5 Å². The fourth-order valence-corrected chi connectivity index (χ4v) is 2.98. The van der Waals surface area contributed by atoms with Gasteiger partial charge in [0.1, 0.15) is 0 Å². The van der Waals surface area contributed by atoms with Gasteiger partial charge in [-0.2, -0.15) is 0 Å². The van der Waals surface area contributed by atoms with Crippen LogP contribution < -0.4 is 5.73 Å². The average Bonchev–Trinajstić information content (AvgIpc) is 2.47. The molecule has 0 spiro atoms. The van der Waals surface area contributed by atoms with Gasteiger partial charge in [-0.15, -0.1) is 0 Å². The van der Waals surface area contributed by atoms with Crippen molar-refractivity contribution in [3.63, 3.8) is 0 Å². The minimum absolute atomic E-state index is 0.747. The molecule has 0 aromatic heterocycles. The van der Waals surface area contributed by atoms with Crippen molar-refractivity contribution in [3.8, 4) is 0 Å². The molecule has 0 aliphatic heterocycles. The van der Waals surface area contributed by atoms with Crippen LogP contribution in [0.1, 0.15) is 17.5 Å². The summed E-state index contributed by atoms with van der Waals surface area (Å²) >= 11 is 0. The van der Waals surface area contributed by atoms with Gasteiger partial charge in [0.15, 0.2) is 0 Å². The molecule has 0 aliphatic rings. The second-order valence-corrected chi connectivity index (χ2v) is 5.09. The zero-order chi connectivity index (χ0) is 13.2. The first-order valence-corrected chi connectivity index (χ1v) is 6.92. The summed E-state index contributed by atoms with van der Waals surface area (Å²) in [6.07, 6.45) is 2.09. The summed E-state index contributed by atoms with van der Waals surface area (Å²) in [6, 6.07) is 17.4. The Balaban J connectivity index is 2.42. The Bertz CT molecular complexity index is 671. The molecule has 0 bridgehead atoms. The van der Waals surface area contributed by atoms with Crippen molar-refractivity contribution in [2.24, 2.45) is 5.73 Å². The van der Waals surface area contributed by atoms with Crippen LogP contribution in [0.15, 0.2) is 48.5 Å². The Morgan fingerprint density at radius 1 is 0.789 bits per heavy atom. The maximum atomic E-state index is 5.69. The predicted molar refractivity (Wildman–Crippen MR) is 83.6 cm³/mol. The van der Waals surface area contributed by atoms with Crippen molar-refractivity contribution in [3.05, 3.63) is 59.7 Å². The van der Waals surface area contributed by atoms with E-state index in [1.807, 2.05) is 0 Å².